The molecule has 0 saturated carbocycles. The molecule has 0 aromatic heterocycles. The molecule has 4 rings (SSSR count). The van der Waals surface area contributed by atoms with Crippen molar-refractivity contribution in [3.8, 4) is 0 Å². The van der Waals surface area contributed by atoms with Crippen LogP contribution in [0.2, 0.25) is 0 Å². The molecule has 2 saturated heterocycles. The standard InChI is InChI=1S/C25H35N3O2/c1-19-16-22-5-4-21(3-2-20-6-8-26-9-7-20)17-23(22)18-24(19)25(29)27-10-11-28-12-14-30-15-13-28/h3,5,16-18,20,26H,2,4,6-15H2,1H3,(H,27,29). The Morgan fingerprint density at radius 1 is 1.23 bits per heavy atom. The summed E-state index contributed by atoms with van der Waals surface area (Å²) < 4.78 is 5.38. The molecule has 0 unspecified atom stereocenters. The predicted octanol–water partition coefficient (Wildman–Crippen LogP) is 1.34. The minimum Gasteiger partial charge on any atom is -0.379 e. The maximum atomic E-state index is 12.8. The fourth-order valence-corrected chi connectivity index (χ4v) is 4.61. The van der Waals surface area contributed by atoms with E-state index in [1.165, 1.54) is 28.9 Å². The summed E-state index contributed by atoms with van der Waals surface area (Å²) in [5.41, 5.74) is 3.22. The largest absolute Gasteiger partial charge is 0.379 e. The van der Waals surface area contributed by atoms with E-state index < -0.39 is 0 Å². The van der Waals surface area contributed by atoms with E-state index in [2.05, 4.69) is 45.9 Å². The van der Waals surface area contributed by atoms with Gasteiger partial charge in [-0.1, -0.05) is 24.3 Å². The third kappa shape index (κ3) is 5.60. The van der Waals surface area contributed by atoms with Crippen molar-refractivity contribution in [2.45, 2.75) is 32.6 Å². The SMILES string of the molecule is Cc1cc2c(cc1C(=O)NCCN1CCOCC1)=CC(=CCC1CCNCC1)CC=2. The van der Waals surface area contributed by atoms with Crippen LogP contribution in [-0.2, 0) is 4.74 Å². The fraction of sp³-hybridized carbons (Fsp3) is 0.560. The summed E-state index contributed by atoms with van der Waals surface area (Å²) in [5, 5.41) is 8.96. The first-order valence-electron chi connectivity index (χ1n) is 11.5. The zero-order valence-corrected chi connectivity index (χ0v) is 18.2. The minimum absolute atomic E-state index is 0.0303. The Kier molecular flexibility index (Phi) is 7.37. The zero-order chi connectivity index (χ0) is 20.8. The molecule has 0 atom stereocenters. The van der Waals surface area contributed by atoms with Crippen molar-refractivity contribution < 1.29 is 9.53 Å². The Morgan fingerprint density at radius 2 is 2.03 bits per heavy atom. The van der Waals surface area contributed by atoms with Gasteiger partial charge in [0.2, 0.25) is 0 Å². The van der Waals surface area contributed by atoms with E-state index in [-0.39, 0.29) is 5.91 Å². The number of morpholine rings is 1. The summed E-state index contributed by atoms with van der Waals surface area (Å²) in [6, 6.07) is 4.23. The Morgan fingerprint density at radius 3 is 2.83 bits per heavy atom. The van der Waals surface area contributed by atoms with Crippen molar-refractivity contribution in [3.63, 3.8) is 0 Å². The summed E-state index contributed by atoms with van der Waals surface area (Å²) in [6.07, 6.45) is 11.7. The molecular formula is C25H35N3O2. The van der Waals surface area contributed by atoms with Gasteiger partial charge in [-0.05, 0) is 79.3 Å². The number of amides is 1. The van der Waals surface area contributed by atoms with Crippen molar-refractivity contribution in [1.82, 2.24) is 15.5 Å². The van der Waals surface area contributed by atoms with Crippen LogP contribution in [0.3, 0.4) is 0 Å². The van der Waals surface area contributed by atoms with Crippen LogP contribution in [0.15, 0.2) is 23.8 Å². The molecular weight excluding hydrogens is 374 g/mol. The monoisotopic (exact) mass is 409 g/mol. The first-order valence-corrected chi connectivity index (χ1v) is 11.5. The number of ether oxygens (including phenoxy) is 1. The second-order valence-electron chi connectivity index (χ2n) is 8.77. The van der Waals surface area contributed by atoms with Crippen molar-refractivity contribution in [3.05, 3.63) is 45.3 Å². The Hall–Kier alpha value is -1.95. The van der Waals surface area contributed by atoms with Crippen molar-refractivity contribution in [1.29, 1.82) is 0 Å². The molecule has 2 aliphatic heterocycles. The van der Waals surface area contributed by atoms with Crippen molar-refractivity contribution >= 4 is 18.1 Å². The van der Waals surface area contributed by atoms with Crippen molar-refractivity contribution in [2.24, 2.45) is 5.92 Å². The third-order valence-electron chi connectivity index (χ3n) is 6.56. The Balaban J connectivity index is 1.41. The van der Waals surface area contributed by atoms with Gasteiger partial charge < -0.3 is 15.4 Å². The maximum absolute atomic E-state index is 12.8. The lowest BCUT2D eigenvalue weighted by Gasteiger charge is -2.26. The molecule has 0 radical (unpaired) electrons. The molecule has 2 heterocycles. The number of rotatable bonds is 6. The van der Waals surface area contributed by atoms with Crippen LogP contribution >= 0.6 is 0 Å². The topological polar surface area (TPSA) is 53.6 Å². The average Bonchev–Trinajstić information content (AvgIpc) is 2.78. The summed E-state index contributed by atoms with van der Waals surface area (Å²) in [4.78, 5) is 15.1. The number of nitrogens with zero attached hydrogens (tertiary/aromatic N) is 1. The second kappa shape index (κ2) is 10.4. The van der Waals surface area contributed by atoms with Crippen LogP contribution < -0.4 is 21.1 Å². The molecule has 1 aromatic rings. The number of benzene rings is 1. The molecule has 2 fully saturated rings. The highest BCUT2D eigenvalue weighted by molar-refractivity contribution is 5.95. The lowest BCUT2D eigenvalue weighted by molar-refractivity contribution is 0.0383. The van der Waals surface area contributed by atoms with Gasteiger partial charge in [0.25, 0.3) is 5.91 Å². The summed E-state index contributed by atoms with van der Waals surface area (Å²) >= 11 is 0. The summed E-state index contributed by atoms with van der Waals surface area (Å²) in [7, 11) is 0. The number of carbonyl (C=O) groups is 1. The Labute approximate surface area is 179 Å². The highest BCUT2D eigenvalue weighted by Gasteiger charge is 2.14. The lowest BCUT2D eigenvalue weighted by atomic mass is 9.92. The molecule has 0 spiro atoms. The number of aryl methyl sites for hydroxylation is 1. The minimum atomic E-state index is 0.0303. The molecule has 5 heteroatoms. The third-order valence-corrected chi connectivity index (χ3v) is 6.56. The van der Waals surface area contributed by atoms with Crippen LogP contribution in [0.5, 0.6) is 0 Å². The number of hydrogen-bond acceptors (Lipinski definition) is 4. The normalized spacial score (nSPS) is 21.6. The van der Waals surface area contributed by atoms with E-state index in [9.17, 15) is 4.79 Å². The van der Waals surface area contributed by atoms with E-state index in [0.717, 1.165) is 75.8 Å². The van der Waals surface area contributed by atoms with Gasteiger partial charge in [-0.3, -0.25) is 9.69 Å². The quantitative estimate of drug-likeness (QED) is 0.745. The molecule has 1 aromatic carbocycles. The fourth-order valence-electron chi connectivity index (χ4n) is 4.61. The predicted molar refractivity (Wildman–Crippen MR) is 122 cm³/mol. The van der Waals surface area contributed by atoms with Crippen LogP contribution in [0.1, 0.15) is 41.6 Å². The number of piperidine rings is 1. The average molecular weight is 410 g/mol. The number of fused-ring (bicyclic) bond motifs is 1. The van der Waals surface area contributed by atoms with Crippen LogP contribution in [0, 0.1) is 12.8 Å². The van der Waals surface area contributed by atoms with Crippen molar-refractivity contribution in [2.75, 3.05) is 52.5 Å². The molecule has 1 aliphatic carbocycles. The maximum Gasteiger partial charge on any atom is 0.251 e. The van der Waals surface area contributed by atoms with Crippen LogP contribution in [-0.4, -0.2) is 63.3 Å². The van der Waals surface area contributed by atoms with E-state index in [4.69, 9.17) is 4.74 Å². The second-order valence-corrected chi connectivity index (χ2v) is 8.77. The van der Waals surface area contributed by atoms with E-state index >= 15 is 0 Å². The summed E-state index contributed by atoms with van der Waals surface area (Å²) in [6.45, 7) is 9.36. The van der Waals surface area contributed by atoms with Gasteiger partial charge >= 0.3 is 0 Å². The number of carbonyl (C=O) groups excluding carboxylic acids is 1. The number of allylic oxidation sites excluding steroid dienone is 2. The smallest absolute Gasteiger partial charge is 0.251 e. The van der Waals surface area contributed by atoms with Gasteiger partial charge in [-0.25, -0.2) is 0 Å². The van der Waals surface area contributed by atoms with E-state index in [1.807, 2.05) is 6.92 Å². The van der Waals surface area contributed by atoms with Crippen LogP contribution in [0.25, 0.3) is 12.2 Å². The van der Waals surface area contributed by atoms with Gasteiger partial charge in [-0.15, -0.1) is 0 Å². The highest BCUT2D eigenvalue weighted by atomic mass is 16.5. The lowest BCUT2D eigenvalue weighted by Crippen LogP contribution is -2.41. The first-order chi connectivity index (χ1) is 14.7. The molecule has 162 valence electrons. The van der Waals surface area contributed by atoms with E-state index in [1.54, 1.807) is 0 Å². The van der Waals surface area contributed by atoms with E-state index in [0.29, 0.717) is 6.54 Å². The molecule has 2 N–H and O–H groups in total. The Bertz CT molecular complexity index is 894. The van der Waals surface area contributed by atoms with Gasteiger partial charge in [0, 0.05) is 31.7 Å². The highest BCUT2D eigenvalue weighted by Crippen LogP contribution is 2.19. The van der Waals surface area contributed by atoms with Crippen LogP contribution in [0.4, 0.5) is 0 Å². The molecule has 1 amide bonds. The molecule has 3 aliphatic rings. The summed E-state index contributed by atoms with van der Waals surface area (Å²) in [5.74, 6) is 0.835. The van der Waals surface area contributed by atoms with Gasteiger partial charge in [-0.2, -0.15) is 0 Å². The number of nitrogens with one attached hydrogen (secondary N) is 2. The molecule has 5 nitrogen and oxygen atoms in total. The van der Waals surface area contributed by atoms with Gasteiger partial charge in [0.1, 0.15) is 0 Å². The first kappa shape index (κ1) is 21.3. The van der Waals surface area contributed by atoms with Gasteiger partial charge in [0.05, 0.1) is 13.2 Å². The zero-order valence-electron chi connectivity index (χ0n) is 18.2. The molecule has 30 heavy (non-hydrogen) atoms. The molecule has 0 bridgehead atoms. The number of hydrogen-bond donors (Lipinski definition) is 2. The van der Waals surface area contributed by atoms with Gasteiger partial charge in [0.15, 0.2) is 0 Å².